The molecule has 1 aliphatic rings. The first-order chi connectivity index (χ1) is 8.29. The minimum atomic E-state index is 0.763. The summed E-state index contributed by atoms with van der Waals surface area (Å²) in [6.45, 7) is 2.28. The quantitative estimate of drug-likeness (QED) is 0.751. The summed E-state index contributed by atoms with van der Waals surface area (Å²) in [7, 11) is 1.66. The summed E-state index contributed by atoms with van der Waals surface area (Å²) < 4.78 is 7.41. The average Bonchev–Trinajstić information content (AvgIpc) is 2.89. The van der Waals surface area contributed by atoms with Crippen molar-refractivity contribution >= 4 is 22.8 Å². The molecule has 3 heteroatoms. The summed E-state index contributed by atoms with van der Waals surface area (Å²) in [6, 6.07) is 7.77. The number of benzene rings is 1. The first-order valence-electron chi connectivity index (χ1n) is 5.89. The highest BCUT2D eigenvalue weighted by Gasteiger charge is 2.10. The molecule has 2 rings (SSSR count). The summed E-state index contributed by atoms with van der Waals surface area (Å²) in [5.74, 6) is 0.849. The summed E-state index contributed by atoms with van der Waals surface area (Å²) in [6.07, 6.45) is 6.61. The van der Waals surface area contributed by atoms with Gasteiger partial charge in [-0.25, -0.2) is 4.58 Å². The van der Waals surface area contributed by atoms with Gasteiger partial charge in [0.15, 0.2) is 6.21 Å². The van der Waals surface area contributed by atoms with Crippen LogP contribution in [0.15, 0.2) is 30.3 Å². The minimum Gasteiger partial charge on any atom is -0.497 e. The molecule has 0 unspecified atom stereocenters. The van der Waals surface area contributed by atoms with Gasteiger partial charge in [-0.3, -0.25) is 0 Å². The Kier molecular flexibility index (Phi) is 4.21. The Morgan fingerprint density at radius 2 is 1.88 bits per heavy atom. The highest BCUT2D eigenvalue weighted by molar-refractivity contribution is 6.49. The van der Waals surface area contributed by atoms with E-state index >= 15 is 0 Å². The number of hydrogen-bond acceptors (Lipinski definition) is 1. The van der Waals surface area contributed by atoms with Gasteiger partial charge in [0.2, 0.25) is 0 Å². The molecule has 0 N–H and O–H groups in total. The van der Waals surface area contributed by atoms with Crippen LogP contribution in [0.4, 0.5) is 0 Å². The van der Waals surface area contributed by atoms with Gasteiger partial charge >= 0.3 is 0 Å². The molecule has 17 heavy (non-hydrogen) atoms. The van der Waals surface area contributed by atoms with Gasteiger partial charge in [-0.2, -0.15) is 0 Å². The summed E-state index contributed by atoms with van der Waals surface area (Å²) in [5.41, 5.74) is 1.02. The Balaban J connectivity index is 2.09. The molecular formula is C14H17ClNO+. The first-order valence-corrected chi connectivity index (χ1v) is 6.26. The lowest BCUT2D eigenvalue weighted by molar-refractivity contribution is -0.500. The van der Waals surface area contributed by atoms with Gasteiger partial charge < -0.3 is 4.74 Å². The SMILES string of the molecule is COc1ccc(/C(Cl)=C/C=[N+]2CCCC2)cc1. The number of allylic oxidation sites excluding steroid dienone is 1. The summed E-state index contributed by atoms with van der Waals surface area (Å²) in [5, 5.41) is 0.763. The average molecular weight is 251 g/mol. The zero-order valence-corrected chi connectivity index (χ0v) is 10.8. The Bertz CT molecular complexity index is 426. The van der Waals surface area contributed by atoms with Crippen molar-refractivity contribution in [1.29, 1.82) is 0 Å². The number of ether oxygens (including phenoxy) is 1. The van der Waals surface area contributed by atoms with E-state index in [9.17, 15) is 0 Å². The van der Waals surface area contributed by atoms with Crippen LogP contribution in [-0.4, -0.2) is 31.0 Å². The van der Waals surface area contributed by atoms with Crippen molar-refractivity contribution in [3.63, 3.8) is 0 Å². The third-order valence-electron chi connectivity index (χ3n) is 2.94. The highest BCUT2D eigenvalue weighted by atomic mass is 35.5. The van der Waals surface area contributed by atoms with E-state index in [-0.39, 0.29) is 0 Å². The van der Waals surface area contributed by atoms with Crippen molar-refractivity contribution < 1.29 is 9.31 Å². The van der Waals surface area contributed by atoms with Crippen LogP contribution in [-0.2, 0) is 0 Å². The topological polar surface area (TPSA) is 12.2 Å². The Morgan fingerprint density at radius 3 is 2.47 bits per heavy atom. The van der Waals surface area contributed by atoms with Gasteiger partial charge in [-0.15, -0.1) is 0 Å². The minimum absolute atomic E-state index is 0.763. The van der Waals surface area contributed by atoms with Gasteiger partial charge in [-0.1, -0.05) is 11.6 Å². The van der Waals surface area contributed by atoms with Crippen LogP contribution < -0.4 is 4.74 Å². The standard InChI is InChI=1S/C14H17ClNO/c1-17-13-6-4-12(5-7-13)14(15)8-11-16-9-2-3-10-16/h4-8,11H,2-3,9-10H2,1H3/q+1/b14-8-. The molecule has 0 saturated carbocycles. The largest absolute Gasteiger partial charge is 0.497 e. The Labute approximate surface area is 107 Å². The van der Waals surface area contributed by atoms with Gasteiger partial charge in [0.25, 0.3) is 0 Å². The maximum Gasteiger partial charge on any atom is 0.164 e. The number of nitrogens with zero attached hydrogens (tertiary/aromatic N) is 1. The van der Waals surface area contributed by atoms with Crippen LogP contribution in [0.1, 0.15) is 18.4 Å². The predicted octanol–water partition coefficient (Wildman–Crippen LogP) is 3.15. The fourth-order valence-corrected chi connectivity index (χ4v) is 2.09. The molecule has 1 aromatic rings. The molecule has 0 aromatic heterocycles. The zero-order valence-electron chi connectivity index (χ0n) is 10.0. The van der Waals surface area contributed by atoms with Crippen LogP contribution in [0, 0.1) is 0 Å². The van der Waals surface area contributed by atoms with Gasteiger partial charge in [0, 0.05) is 18.9 Å². The molecule has 0 amide bonds. The van der Waals surface area contributed by atoms with Crippen LogP contribution in [0.5, 0.6) is 5.75 Å². The normalized spacial score (nSPS) is 16.1. The molecule has 0 aliphatic carbocycles. The van der Waals surface area contributed by atoms with Crippen LogP contribution in [0.25, 0.3) is 5.03 Å². The monoisotopic (exact) mass is 250 g/mol. The summed E-state index contributed by atoms with van der Waals surface area (Å²) >= 11 is 6.24. The van der Waals surface area contributed by atoms with E-state index in [0.717, 1.165) is 29.4 Å². The fraction of sp³-hybridized carbons (Fsp3) is 0.357. The lowest BCUT2D eigenvalue weighted by Crippen LogP contribution is -2.05. The Morgan fingerprint density at radius 1 is 1.24 bits per heavy atom. The van der Waals surface area contributed by atoms with E-state index in [0.29, 0.717) is 0 Å². The molecule has 1 saturated heterocycles. The lowest BCUT2D eigenvalue weighted by atomic mass is 10.2. The second-order valence-corrected chi connectivity index (χ2v) is 4.54. The predicted molar refractivity (Wildman–Crippen MR) is 72.1 cm³/mol. The second kappa shape index (κ2) is 5.87. The molecule has 1 heterocycles. The molecular weight excluding hydrogens is 234 g/mol. The highest BCUT2D eigenvalue weighted by Crippen LogP contribution is 2.21. The molecule has 0 atom stereocenters. The van der Waals surface area contributed by atoms with Crippen LogP contribution in [0.2, 0.25) is 0 Å². The van der Waals surface area contributed by atoms with Gasteiger partial charge in [0.1, 0.15) is 18.8 Å². The second-order valence-electron chi connectivity index (χ2n) is 4.14. The third-order valence-corrected chi connectivity index (χ3v) is 3.28. The van der Waals surface area contributed by atoms with Gasteiger partial charge in [0.05, 0.1) is 12.1 Å². The number of halogens is 1. The molecule has 0 radical (unpaired) electrons. The number of rotatable bonds is 3. The number of hydrogen-bond donors (Lipinski definition) is 0. The lowest BCUT2D eigenvalue weighted by Gasteiger charge is -2.01. The van der Waals surface area contributed by atoms with E-state index < -0.39 is 0 Å². The van der Waals surface area contributed by atoms with Crippen molar-refractivity contribution in [2.45, 2.75) is 12.8 Å². The van der Waals surface area contributed by atoms with Crippen LogP contribution in [0.3, 0.4) is 0 Å². The first kappa shape index (κ1) is 12.2. The van der Waals surface area contributed by atoms with E-state index in [1.54, 1.807) is 7.11 Å². The van der Waals surface area contributed by atoms with E-state index in [1.165, 1.54) is 12.8 Å². The number of methoxy groups -OCH3 is 1. The van der Waals surface area contributed by atoms with E-state index in [2.05, 4.69) is 10.8 Å². The van der Waals surface area contributed by atoms with E-state index in [4.69, 9.17) is 16.3 Å². The van der Waals surface area contributed by atoms with Crippen molar-refractivity contribution in [3.05, 3.63) is 35.9 Å². The van der Waals surface area contributed by atoms with Crippen molar-refractivity contribution in [1.82, 2.24) is 0 Å². The third kappa shape index (κ3) is 3.34. The Hall–Kier alpha value is -1.28. The van der Waals surface area contributed by atoms with E-state index in [1.807, 2.05) is 30.3 Å². The van der Waals surface area contributed by atoms with Gasteiger partial charge in [-0.05, 0) is 29.8 Å². The smallest absolute Gasteiger partial charge is 0.164 e. The van der Waals surface area contributed by atoms with Crippen molar-refractivity contribution in [2.75, 3.05) is 20.2 Å². The molecule has 1 aliphatic heterocycles. The molecule has 1 fully saturated rings. The molecule has 0 bridgehead atoms. The maximum absolute atomic E-state index is 6.24. The summed E-state index contributed by atoms with van der Waals surface area (Å²) in [4.78, 5) is 0. The zero-order chi connectivity index (χ0) is 12.1. The van der Waals surface area contributed by atoms with Crippen LogP contribution >= 0.6 is 11.6 Å². The maximum atomic E-state index is 6.24. The molecule has 1 aromatic carbocycles. The molecule has 2 nitrogen and oxygen atoms in total. The van der Waals surface area contributed by atoms with Crippen molar-refractivity contribution in [3.8, 4) is 5.75 Å². The van der Waals surface area contributed by atoms with Crippen molar-refractivity contribution in [2.24, 2.45) is 0 Å². The fourth-order valence-electron chi connectivity index (χ4n) is 1.91. The molecule has 90 valence electrons. The molecule has 0 spiro atoms.